The molecule has 0 fully saturated rings. The van der Waals surface area contributed by atoms with Crippen molar-refractivity contribution >= 4 is 35.3 Å². The highest BCUT2D eigenvalue weighted by Crippen LogP contribution is 2.38. The quantitative estimate of drug-likeness (QED) is 0.384. The number of halogens is 1. The van der Waals surface area contributed by atoms with Crippen molar-refractivity contribution < 1.29 is 19.5 Å². The largest absolute Gasteiger partial charge is 0.462 e. The number of amides is 1. The van der Waals surface area contributed by atoms with Gasteiger partial charge in [-0.25, -0.2) is 4.79 Å². The van der Waals surface area contributed by atoms with Crippen LogP contribution >= 0.6 is 11.6 Å². The summed E-state index contributed by atoms with van der Waals surface area (Å²) >= 11 is 6.29. The lowest BCUT2D eigenvalue weighted by Gasteiger charge is -2.08. The van der Waals surface area contributed by atoms with Crippen LogP contribution in [0.15, 0.2) is 23.0 Å². The third-order valence-corrected chi connectivity index (χ3v) is 3.65. The Hall–Kier alpha value is -2.34. The van der Waals surface area contributed by atoms with Gasteiger partial charge in [0.25, 0.3) is 0 Å². The van der Waals surface area contributed by atoms with E-state index in [0.29, 0.717) is 39.4 Å². The number of oxime groups is 1. The molecule has 0 spiro atoms. The van der Waals surface area contributed by atoms with Crippen molar-refractivity contribution in [2.45, 2.75) is 20.3 Å². The molecule has 1 aliphatic rings. The highest BCUT2D eigenvalue weighted by Gasteiger charge is 2.30. The van der Waals surface area contributed by atoms with Crippen LogP contribution in [0.2, 0.25) is 5.02 Å². The van der Waals surface area contributed by atoms with Gasteiger partial charge < -0.3 is 15.3 Å². The van der Waals surface area contributed by atoms with Gasteiger partial charge >= 0.3 is 5.97 Å². The molecule has 0 saturated carbocycles. The highest BCUT2D eigenvalue weighted by atomic mass is 35.5. The first-order chi connectivity index (χ1) is 10.5. The number of allylic oxidation sites excluding steroid dienone is 1. The Bertz CT molecular complexity index is 695. The van der Waals surface area contributed by atoms with Crippen LogP contribution in [-0.4, -0.2) is 29.9 Å². The molecule has 1 aliphatic carbocycles. The first-order valence-electron chi connectivity index (χ1n) is 6.66. The van der Waals surface area contributed by atoms with Crippen LogP contribution in [0, 0.1) is 0 Å². The summed E-state index contributed by atoms with van der Waals surface area (Å²) in [5.74, 6) is -0.789. The Balaban J connectivity index is 2.53. The highest BCUT2D eigenvalue weighted by molar-refractivity contribution is 6.35. The minimum absolute atomic E-state index is 0.230. The van der Waals surface area contributed by atoms with Gasteiger partial charge in [0.05, 0.1) is 23.4 Å². The molecule has 1 aromatic carbocycles. The normalized spacial score (nSPS) is 13.4. The van der Waals surface area contributed by atoms with Crippen LogP contribution in [0.3, 0.4) is 0 Å². The van der Waals surface area contributed by atoms with Crippen molar-refractivity contribution in [3.63, 3.8) is 0 Å². The number of rotatable bonds is 4. The molecule has 2 N–H and O–H groups in total. The second kappa shape index (κ2) is 6.62. The number of fused-ring (bicyclic) bond motifs is 1. The molecule has 1 amide bonds. The molecule has 116 valence electrons. The number of ether oxygens (including phenoxy) is 1. The summed E-state index contributed by atoms with van der Waals surface area (Å²) in [5.41, 5.74) is 2.59. The molecule has 0 unspecified atom stereocenters. The van der Waals surface area contributed by atoms with Crippen molar-refractivity contribution in [1.29, 1.82) is 0 Å². The lowest BCUT2D eigenvalue weighted by molar-refractivity contribution is -0.136. The molecule has 0 aromatic heterocycles. The summed E-state index contributed by atoms with van der Waals surface area (Å²) in [5, 5.41) is 14.6. The van der Waals surface area contributed by atoms with Crippen LogP contribution in [0.1, 0.15) is 30.5 Å². The fourth-order valence-electron chi connectivity index (χ4n) is 2.39. The first kappa shape index (κ1) is 16.0. The number of benzene rings is 1. The minimum atomic E-state index is -0.510. The average molecular weight is 323 g/mol. The third kappa shape index (κ3) is 2.96. The summed E-state index contributed by atoms with van der Waals surface area (Å²) in [6.45, 7) is 3.30. The molecule has 0 saturated heterocycles. The predicted octanol–water partition coefficient (Wildman–Crippen LogP) is 2.11. The molecule has 6 nitrogen and oxygen atoms in total. The number of carbonyl (C=O) groups excluding carboxylic acids is 2. The van der Waals surface area contributed by atoms with E-state index in [1.807, 2.05) is 0 Å². The fraction of sp³-hybridized carbons (Fsp3) is 0.267. The van der Waals surface area contributed by atoms with Crippen LogP contribution in [0.25, 0.3) is 5.57 Å². The summed E-state index contributed by atoms with van der Waals surface area (Å²) < 4.78 is 5.05. The predicted molar refractivity (Wildman–Crippen MR) is 81.9 cm³/mol. The fourth-order valence-corrected chi connectivity index (χ4v) is 2.67. The lowest BCUT2D eigenvalue weighted by Crippen LogP contribution is -2.21. The number of nitrogens with one attached hydrogen (secondary N) is 1. The van der Waals surface area contributed by atoms with E-state index < -0.39 is 5.97 Å². The van der Waals surface area contributed by atoms with E-state index >= 15 is 0 Å². The Morgan fingerprint density at radius 1 is 1.50 bits per heavy atom. The minimum Gasteiger partial charge on any atom is -0.462 e. The molecular formula is C15H15ClN2O4. The van der Waals surface area contributed by atoms with Crippen molar-refractivity contribution in [2.75, 3.05) is 6.61 Å². The van der Waals surface area contributed by atoms with Gasteiger partial charge in [0, 0.05) is 24.6 Å². The zero-order valence-corrected chi connectivity index (χ0v) is 12.9. The zero-order valence-electron chi connectivity index (χ0n) is 12.1. The maximum Gasteiger partial charge on any atom is 0.340 e. The summed E-state index contributed by atoms with van der Waals surface area (Å²) in [7, 11) is 0. The first-order valence-corrected chi connectivity index (χ1v) is 7.04. The van der Waals surface area contributed by atoms with E-state index in [1.54, 1.807) is 19.1 Å². The van der Waals surface area contributed by atoms with Crippen molar-refractivity contribution in [3.05, 3.63) is 39.5 Å². The maximum atomic E-state index is 12.2. The number of esters is 1. The summed E-state index contributed by atoms with van der Waals surface area (Å²) in [4.78, 5) is 23.5. The Kier molecular flexibility index (Phi) is 4.82. The molecule has 0 atom stereocenters. The van der Waals surface area contributed by atoms with Gasteiger partial charge in [-0.1, -0.05) is 28.9 Å². The van der Waals surface area contributed by atoms with E-state index in [1.165, 1.54) is 13.1 Å². The Morgan fingerprint density at radius 2 is 2.23 bits per heavy atom. The van der Waals surface area contributed by atoms with Gasteiger partial charge in [0.15, 0.2) is 0 Å². The van der Waals surface area contributed by atoms with Crippen molar-refractivity contribution in [1.82, 2.24) is 5.32 Å². The molecule has 0 heterocycles. The van der Waals surface area contributed by atoms with Gasteiger partial charge in [-0.3, -0.25) is 4.79 Å². The lowest BCUT2D eigenvalue weighted by atomic mass is 10.0. The second-order valence-electron chi connectivity index (χ2n) is 4.67. The topological polar surface area (TPSA) is 88.0 Å². The van der Waals surface area contributed by atoms with Gasteiger partial charge in [0.2, 0.25) is 5.91 Å². The SMILES string of the molecule is CCOC(=O)C1=C(NC(C)=O)Cc2c1ccc(/C=N/O)c2Cl. The smallest absolute Gasteiger partial charge is 0.340 e. The number of hydrogen-bond donors (Lipinski definition) is 2. The molecule has 0 radical (unpaired) electrons. The van der Waals surface area contributed by atoms with Gasteiger partial charge in [-0.05, 0) is 18.1 Å². The van der Waals surface area contributed by atoms with Gasteiger partial charge in [-0.2, -0.15) is 0 Å². The Morgan fingerprint density at radius 3 is 2.82 bits per heavy atom. The molecule has 22 heavy (non-hydrogen) atoms. The molecule has 2 rings (SSSR count). The molecular weight excluding hydrogens is 308 g/mol. The van der Waals surface area contributed by atoms with E-state index in [4.69, 9.17) is 21.5 Å². The van der Waals surface area contributed by atoms with Crippen LogP contribution < -0.4 is 5.32 Å². The number of nitrogens with zero attached hydrogens (tertiary/aromatic N) is 1. The molecule has 0 aliphatic heterocycles. The second-order valence-corrected chi connectivity index (χ2v) is 5.05. The number of hydrogen-bond acceptors (Lipinski definition) is 5. The van der Waals surface area contributed by atoms with Crippen LogP contribution in [-0.2, 0) is 20.7 Å². The molecule has 1 aromatic rings. The molecule has 7 heteroatoms. The van der Waals surface area contributed by atoms with E-state index in [2.05, 4.69) is 10.5 Å². The van der Waals surface area contributed by atoms with E-state index in [-0.39, 0.29) is 12.5 Å². The van der Waals surface area contributed by atoms with Gasteiger partial charge in [0.1, 0.15) is 0 Å². The van der Waals surface area contributed by atoms with Crippen molar-refractivity contribution in [2.24, 2.45) is 5.16 Å². The average Bonchev–Trinajstić information content (AvgIpc) is 2.80. The summed E-state index contributed by atoms with van der Waals surface area (Å²) in [6, 6.07) is 3.33. The van der Waals surface area contributed by atoms with E-state index in [0.717, 1.165) is 0 Å². The zero-order chi connectivity index (χ0) is 16.3. The maximum absolute atomic E-state index is 12.2. The van der Waals surface area contributed by atoms with Crippen LogP contribution in [0.4, 0.5) is 0 Å². The number of carbonyl (C=O) groups is 2. The molecule has 0 bridgehead atoms. The standard InChI is InChI=1S/C15H15ClN2O4/c1-3-22-15(20)13-10-5-4-9(7-17-21)14(16)11(10)6-12(13)18-8(2)19/h4-5,7,21H,3,6H2,1-2H3,(H,18,19)/b17-7+. The van der Waals surface area contributed by atoms with Crippen molar-refractivity contribution in [3.8, 4) is 0 Å². The Labute approximate surface area is 132 Å². The van der Waals surface area contributed by atoms with Crippen LogP contribution in [0.5, 0.6) is 0 Å². The van der Waals surface area contributed by atoms with Gasteiger partial charge in [-0.15, -0.1) is 0 Å². The van der Waals surface area contributed by atoms with E-state index in [9.17, 15) is 9.59 Å². The summed E-state index contributed by atoms with van der Waals surface area (Å²) in [6.07, 6.45) is 1.51. The third-order valence-electron chi connectivity index (χ3n) is 3.20. The monoisotopic (exact) mass is 322 g/mol.